The standard InChI is InChI=1S/C5H11NO2.C3H3I/c1-2-3-4-5(7)8-6;1-2-3-4/h2-4,6H2,1H3;1H3. The van der Waals surface area contributed by atoms with Gasteiger partial charge in [-0.25, -0.2) is 0 Å². The van der Waals surface area contributed by atoms with Crippen molar-refractivity contribution in [3.05, 3.63) is 0 Å². The summed E-state index contributed by atoms with van der Waals surface area (Å²) in [6.07, 6.45) is 2.29. The number of hydrogen-bond donors (Lipinski definition) is 1. The molecule has 0 saturated carbocycles. The van der Waals surface area contributed by atoms with E-state index in [-0.39, 0.29) is 5.97 Å². The van der Waals surface area contributed by atoms with Crippen molar-refractivity contribution in [1.29, 1.82) is 0 Å². The van der Waals surface area contributed by atoms with Crippen molar-refractivity contribution in [3.8, 4) is 9.85 Å². The number of unbranched alkanes of at least 4 members (excludes halogenated alkanes) is 1. The van der Waals surface area contributed by atoms with E-state index in [9.17, 15) is 4.79 Å². The minimum atomic E-state index is -0.327. The first kappa shape index (κ1) is 14.3. The monoisotopic (exact) mass is 283 g/mol. The van der Waals surface area contributed by atoms with Gasteiger partial charge in [0.1, 0.15) is 0 Å². The molecule has 0 rings (SSSR count). The van der Waals surface area contributed by atoms with Crippen molar-refractivity contribution < 1.29 is 9.63 Å². The number of hydrogen-bond acceptors (Lipinski definition) is 3. The van der Waals surface area contributed by atoms with E-state index < -0.39 is 0 Å². The van der Waals surface area contributed by atoms with Gasteiger partial charge in [-0.1, -0.05) is 19.3 Å². The summed E-state index contributed by atoms with van der Waals surface area (Å²) in [6, 6.07) is 0. The molecule has 12 heavy (non-hydrogen) atoms. The number of nitrogens with two attached hydrogens (primary N) is 1. The maximum atomic E-state index is 10.2. The van der Waals surface area contributed by atoms with Crippen LogP contribution in [0.3, 0.4) is 0 Å². The Morgan fingerprint density at radius 2 is 2.17 bits per heavy atom. The lowest BCUT2D eigenvalue weighted by Gasteiger charge is -1.92. The average molecular weight is 283 g/mol. The number of carbonyl (C=O) groups excluding carboxylic acids is 1. The molecule has 0 aromatic rings. The van der Waals surface area contributed by atoms with Crippen LogP contribution in [0.1, 0.15) is 33.1 Å². The fourth-order valence-corrected chi connectivity index (χ4v) is 0.380. The Morgan fingerprint density at radius 3 is 2.42 bits per heavy atom. The van der Waals surface area contributed by atoms with Gasteiger partial charge in [-0.15, -0.1) is 0 Å². The second kappa shape index (κ2) is 13.3. The predicted octanol–water partition coefficient (Wildman–Crippen LogP) is 2.00. The molecule has 2 N–H and O–H groups in total. The first-order chi connectivity index (χ1) is 5.72. The van der Waals surface area contributed by atoms with Crippen LogP contribution in [-0.4, -0.2) is 5.97 Å². The highest BCUT2D eigenvalue weighted by molar-refractivity contribution is 14.1. The van der Waals surface area contributed by atoms with E-state index in [4.69, 9.17) is 0 Å². The van der Waals surface area contributed by atoms with Crippen molar-refractivity contribution in [2.45, 2.75) is 33.1 Å². The second-order valence-electron chi connectivity index (χ2n) is 1.94. The van der Waals surface area contributed by atoms with Gasteiger partial charge in [0, 0.05) is 29.0 Å². The SMILES string of the molecule is CC#CI.CCCCC(=O)ON. The Kier molecular flexibility index (Phi) is 15.8. The summed E-state index contributed by atoms with van der Waals surface area (Å²) in [6.45, 7) is 3.82. The van der Waals surface area contributed by atoms with Crippen molar-refractivity contribution >= 4 is 28.6 Å². The quantitative estimate of drug-likeness (QED) is 0.489. The highest BCUT2D eigenvalue weighted by atomic mass is 127. The zero-order valence-electron chi connectivity index (χ0n) is 7.39. The number of carbonyl (C=O) groups is 1. The lowest BCUT2D eigenvalue weighted by atomic mass is 10.3. The number of halogens is 1. The number of rotatable bonds is 3. The van der Waals surface area contributed by atoms with Gasteiger partial charge in [0.05, 0.1) is 0 Å². The Balaban J connectivity index is 0. The molecule has 0 aliphatic carbocycles. The molecule has 0 fully saturated rings. The molecule has 0 bridgehead atoms. The van der Waals surface area contributed by atoms with E-state index >= 15 is 0 Å². The summed E-state index contributed by atoms with van der Waals surface area (Å²) in [4.78, 5) is 14.1. The normalized spacial score (nSPS) is 7.00. The van der Waals surface area contributed by atoms with E-state index in [0.717, 1.165) is 12.8 Å². The van der Waals surface area contributed by atoms with E-state index in [1.807, 2.05) is 36.4 Å². The summed E-state index contributed by atoms with van der Waals surface area (Å²) in [5, 5.41) is 0. The van der Waals surface area contributed by atoms with Crippen LogP contribution in [0, 0.1) is 9.85 Å². The van der Waals surface area contributed by atoms with E-state index in [0.29, 0.717) is 6.42 Å². The summed E-state index contributed by atoms with van der Waals surface area (Å²) in [5.74, 6) is 6.90. The van der Waals surface area contributed by atoms with E-state index in [2.05, 4.69) is 20.6 Å². The Bertz CT molecular complexity index is 154. The molecule has 0 unspecified atom stereocenters. The van der Waals surface area contributed by atoms with Crippen molar-refractivity contribution in [2.24, 2.45) is 5.90 Å². The van der Waals surface area contributed by atoms with Crippen LogP contribution in [0.25, 0.3) is 0 Å². The molecule has 0 aliphatic rings. The van der Waals surface area contributed by atoms with Gasteiger partial charge in [-0.2, -0.15) is 5.90 Å². The average Bonchev–Trinajstić information content (AvgIpc) is 2.14. The van der Waals surface area contributed by atoms with Gasteiger partial charge >= 0.3 is 5.97 Å². The van der Waals surface area contributed by atoms with Crippen LogP contribution in [0.2, 0.25) is 0 Å². The molecule has 0 aliphatic heterocycles. The molecule has 4 heteroatoms. The minimum absolute atomic E-state index is 0.327. The zero-order valence-corrected chi connectivity index (χ0v) is 9.55. The molecule has 0 amide bonds. The first-order valence-electron chi connectivity index (χ1n) is 3.64. The topological polar surface area (TPSA) is 52.3 Å². The van der Waals surface area contributed by atoms with Gasteiger partial charge < -0.3 is 4.84 Å². The van der Waals surface area contributed by atoms with Gasteiger partial charge in [0.2, 0.25) is 0 Å². The predicted molar refractivity (Wildman–Crippen MR) is 57.3 cm³/mol. The second-order valence-corrected chi connectivity index (χ2v) is 2.48. The third kappa shape index (κ3) is 16.4. The summed E-state index contributed by atoms with van der Waals surface area (Å²) >= 11 is 1.99. The summed E-state index contributed by atoms with van der Waals surface area (Å²) < 4.78 is 2.65. The smallest absolute Gasteiger partial charge is 0.324 e. The van der Waals surface area contributed by atoms with Crippen LogP contribution < -0.4 is 5.90 Å². The molecule has 3 nitrogen and oxygen atoms in total. The maximum Gasteiger partial charge on any atom is 0.324 e. The highest BCUT2D eigenvalue weighted by Crippen LogP contribution is 1.93. The minimum Gasteiger partial charge on any atom is -0.373 e. The zero-order chi connectivity index (χ0) is 9.82. The molecule has 0 radical (unpaired) electrons. The Labute approximate surface area is 87.1 Å². The van der Waals surface area contributed by atoms with Gasteiger partial charge in [-0.05, 0) is 17.3 Å². The molecule has 0 aromatic heterocycles. The van der Waals surface area contributed by atoms with Gasteiger partial charge in [0.15, 0.2) is 0 Å². The van der Waals surface area contributed by atoms with Crippen molar-refractivity contribution in [2.75, 3.05) is 0 Å². The Morgan fingerprint density at radius 1 is 1.67 bits per heavy atom. The maximum absolute atomic E-state index is 10.2. The summed E-state index contributed by atoms with van der Waals surface area (Å²) in [5.41, 5.74) is 0. The molecule has 0 aromatic carbocycles. The molecule has 0 atom stereocenters. The highest BCUT2D eigenvalue weighted by Gasteiger charge is 1.96. The van der Waals surface area contributed by atoms with Gasteiger partial charge in [-0.3, -0.25) is 4.79 Å². The first-order valence-corrected chi connectivity index (χ1v) is 4.72. The van der Waals surface area contributed by atoms with Crippen LogP contribution in [0.4, 0.5) is 0 Å². The lowest BCUT2D eigenvalue weighted by Crippen LogP contribution is -2.08. The Hall–Kier alpha value is -0.280. The molecular formula is C8H14INO2. The van der Waals surface area contributed by atoms with E-state index in [1.165, 1.54) is 0 Å². The van der Waals surface area contributed by atoms with Crippen LogP contribution >= 0.6 is 22.6 Å². The largest absolute Gasteiger partial charge is 0.373 e. The third-order valence-electron chi connectivity index (χ3n) is 0.960. The summed E-state index contributed by atoms with van der Waals surface area (Å²) in [7, 11) is 0. The van der Waals surface area contributed by atoms with E-state index in [1.54, 1.807) is 0 Å². The fourth-order valence-electron chi connectivity index (χ4n) is 0.380. The third-order valence-corrected chi connectivity index (χ3v) is 1.50. The van der Waals surface area contributed by atoms with Crippen LogP contribution in [0.5, 0.6) is 0 Å². The molecule has 70 valence electrons. The van der Waals surface area contributed by atoms with Gasteiger partial charge in [0.25, 0.3) is 0 Å². The lowest BCUT2D eigenvalue weighted by molar-refractivity contribution is -0.144. The van der Waals surface area contributed by atoms with Crippen molar-refractivity contribution in [3.63, 3.8) is 0 Å². The van der Waals surface area contributed by atoms with Crippen LogP contribution in [0.15, 0.2) is 0 Å². The van der Waals surface area contributed by atoms with Crippen LogP contribution in [-0.2, 0) is 9.63 Å². The molecule has 0 spiro atoms. The molecule has 0 heterocycles. The fraction of sp³-hybridized carbons (Fsp3) is 0.625. The van der Waals surface area contributed by atoms with Crippen molar-refractivity contribution in [1.82, 2.24) is 0 Å². The molecule has 0 saturated heterocycles. The molecular weight excluding hydrogens is 269 g/mol.